The molecule has 0 aromatic heterocycles. The molecule has 0 heterocycles. The van der Waals surface area contributed by atoms with Crippen LogP contribution in [0.2, 0.25) is 0 Å². The molecule has 0 spiro atoms. The van der Waals surface area contributed by atoms with Crippen molar-refractivity contribution in [2.24, 2.45) is 23.2 Å². The molecule has 4 aliphatic carbocycles. The number of rotatable bonds is 6. The van der Waals surface area contributed by atoms with Gasteiger partial charge in [-0.25, -0.2) is 0 Å². The van der Waals surface area contributed by atoms with E-state index >= 15 is 0 Å². The van der Waals surface area contributed by atoms with Crippen molar-refractivity contribution in [2.45, 2.75) is 77.9 Å². The lowest BCUT2D eigenvalue weighted by molar-refractivity contribution is -0.133. The van der Waals surface area contributed by atoms with Crippen LogP contribution in [0.5, 0.6) is 0 Å². The third-order valence-electron chi connectivity index (χ3n) is 6.33. The van der Waals surface area contributed by atoms with Gasteiger partial charge in [-0.15, -0.1) is 0 Å². The van der Waals surface area contributed by atoms with Crippen molar-refractivity contribution in [2.75, 3.05) is 6.54 Å². The molecule has 4 rings (SSSR count). The summed E-state index contributed by atoms with van der Waals surface area (Å²) in [6.45, 7) is 7.87. The summed E-state index contributed by atoms with van der Waals surface area (Å²) in [5.74, 6) is 2.13. The third kappa shape index (κ3) is 3.37. The van der Waals surface area contributed by atoms with Crippen LogP contribution in [0.3, 0.4) is 0 Å². The van der Waals surface area contributed by atoms with Crippen molar-refractivity contribution < 1.29 is 5.11 Å². The van der Waals surface area contributed by atoms with Crippen LogP contribution in [0.1, 0.15) is 65.7 Å². The van der Waals surface area contributed by atoms with Gasteiger partial charge < -0.3 is 10.4 Å². The summed E-state index contributed by atoms with van der Waals surface area (Å²) in [6.07, 6.45) is 11.4. The van der Waals surface area contributed by atoms with Crippen molar-refractivity contribution in [1.82, 2.24) is 5.32 Å². The van der Waals surface area contributed by atoms with Crippen LogP contribution in [-0.2, 0) is 0 Å². The number of aliphatic hydroxyl groups is 1. The molecule has 21 heavy (non-hydrogen) atoms. The number of allylic oxidation sites excluding steroid dienone is 2. The van der Waals surface area contributed by atoms with Crippen LogP contribution >= 0.6 is 0 Å². The largest absolute Gasteiger partial charge is 0.393 e. The van der Waals surface area contributed by atoms with Crippen LogP contribution in [0.25, 0.3) is 0 Å². The normalized spacial score (nSPS) is 42.1. The highest BCUT2D eigenvalue weighted by atomic mass is 16.3. The van der Waals surface area contributed by atoms with Crippen LogP contribution in [0.4, 0.5) is 0 Å². The summed E-state index contributed by atoms with van der Waals surface area (Å²) >= 11 is 0. The Morgan fingerprint density at radius 2 is 1.90 bits per heavy atom. The fourth-order valence-electron chi connectivity index (χ4n) is 5.50. The van der Waals surface area contributed by atoms with E-state index in [0.29, 0.717) is 23.3 Å². The van der Waals surface area contributed by atoms with E-state index in [1.54, 1.807) is 0 Å². The Morgan fingerprint density at radius 3 is 2.52 bits per heavy atom. The molecule has 4 bridgehead atoms. The topological polar surface area (TPSA) is 32.3 Å². The molecule has 2 N–H and O–H groups in total. The van der Waals surface area contributed by atoms with E-state index in [2.05, 4.69) is 32.2 Å². The maximum atomic E-state index is 10.4. The Labute approximate surface area is 130 Å². The molecule has 3 atom stereocenters. The van der Waals surface area contributed by atoms with Gasteiger partial charge >= 0.3 is 0 Å². The van der Waals surface area contributed by atoms with Crippen molar-refractivity contribution in [3.05, 3.63) is 11.6 Å². The van der Waals surface area contributed by atoms with Crippen molar-refractivity contribution >= 4 is 0 Å². The fourth-order valence-corrected chi connectivity index (χ4v) is 5.50. The predicted octanol–water partition coefficient (Wildman–Crippen LogP) is 3.90. The molecule has 3 unspecified atom stereocenters. The van der Waals surface area contributed by atoms with Crippen LogP contribution < -0.4 is 5.32 Å². The molecule has 0 aromatic rings. The molecule has 0 aromatic carbocycles. The van der Waals surface area contributed by atoms with Gasteiger partial charge in [0.05, 0.1) is 6.10 Å². The number of aliphatic hydroxyl groups excluding tert-OH is 1. The fraction of sp³-hybridized carbons (Fsp3) is 0.895. The summed E-state index contributed by atoms with van der Waals surface area (Å²) in [6, 6.07) is 0.610. The Balaban J connectivity index is 1.50. The number of nitrogens with one attached hydrogen (secondary N) is 1. The maximum absolute atomic E-state index is 10.4. The molecular formula is C19H33NO. The van der Waals surface area contributed by atoms with Crippen molar-refractivity contribution in [3.63, 3.8) is 0 Å². The molecule has 4 fully saturated rings. The first-order valence-corrected chi connectivity index (χ1v) is 9.02. The Kier molecular flexibility index (Phi) is 4.47. The van der Waals surface area contributed by atoms with Gasteiger partial charge in [-0.1, -0.05) is 11.6 Å². The number of hydrogen-bond acceptors (Lipinski definition) is 2. The quantitative estimate of drug-likeness (QED) is 0.728. The van der Waals surface area contributed by atoms with Crippen LogP contribution in [-0.4, -0.2) is 23.8 Å². The minimum atomic E-state index is 0.0183. The summed E-state index contributed by atoms with van der Waals surface area (Å²) in [5.41, 5.74) is 1.94. The highest BCUT2D eigenvalue weighted by Crippen LogP contribution is 2.59. The zero-order valence-corrected chi connectivity index (χ0v) is 14.1. The molecule has 0 amide bonds. The molecular weight excluding hydrogens is 258 g/mol. The van der Waals surface area contributed by atoms with Crippen LogP contribution in [0, 0.1) is 23.2 Å². The second-order valence-corrected chi connectivity index (χ2v) is 8.60. The van der Waals surface area contributed by atoms with Gasteiger partial charge in [0.1, 0.15) is 0 Å². The van der Waals surface area contributed by atoms with Gasteiger partial charge in [0.25, 0.3) is 0 Å². The third-order valence-corrected chi connectivity index (χ3v) is 6.33. The Hall–Kier alpha value is -0.340. The summed E-state index contributed by atoms with van der Waals surface area (Å²) in [5, 5.41) is 14.2. The monoisotopic (exact) mass is 291 g/mol. The Morgan fingerprint density at radius 1 is 1.24 bits per heavy atom. The minimum Gasteiger partial charge on any atom is -0.393 e. The summed E-state index contributed by atoms with van der Waals surface area (Å²) in [7, 11) is 0. The molecule has 2 nitrogen and oxygen atoms in total. The van der Waals surface area contributed by atoms with Gasteiger partial charge in [-0.2, -0.15) is 0 Å². The first kappa shape index (κ1) is 15.6. The summed E-state index contributed by atoms with van der Waals surface area (Å²) in [4.78, 5) is 0. The lowest BCUT2D eigenvalue weighted by Crippen LogP contribution is -2.56. The van der Waals surface area contributed by atoms with E-state index in [9.17, 15) is 5.11 Å². The first-order chi connectivity index (χ1) is 9.97. The van der Waals surface area contributed by atoms with E-state index < -0.39 is 0 Å². The molecule has 120 valence electrons. The molecule has 0 saturated heterocycles. The second kappa shape index (κ2) is 6.04. The first-order valence-electron chi connectivity index (χ1n) is 9.02. The van der Waals surface area contributed by atoms with Crippen molar-refractivity contribution in [3.8, 4) is 0 Å². The Bertz CT molecular complexity index is 382. The molecule has 0 aliphatic heterocycles. The standard InChI is InChI=1S/C19H33NO/c1-13(2)5-4-6-14(3)20-12-19-9-15-7-16(10-19)18(21)17(8-15)11-19/h5,14-18,20-21H,4,6-12H2,1-3H3. The maximum Gasteiger partial charge on any atom is 0.0597 e. The van der Waals surface area contributed by atoms with Gasteiger partial charge in [-0.3, -0.25) is 0 Å². The number of hydrogen-bond donors (Lipinski definition) is 2. The van der Waals surface area contributed by atoms with E-state index in [0.717, 1.165) is 5.92 Å². The van der Waals surface area contributed by atoms with Crippen molar-refractivity contribution in [1.29, 1.82) is 0 Å². The predicted molar refractivity (Wildman–Crippen MR) is 88.1 cm³/mol. The average molecular weight is 291 g/mol. The van der Waals surface area contributed by atoms with E-state index in [1.807, 2.05) is 0 Å². The van der Waals surface area contributed by atoms with E-state index in [4.69, 9.17) is 0 Å². The smallest absolute Gasteiger partial charge is 0.0597 e. The summed E-state index contributed by atoms with van der Waals surface area (Å²) < 4.78 is 0. The molecule has 0 radical (unpaired) electrons. The van der Waals surface area contributed by atoms with Crippen LogP contribution in [0.15, 0.2) is 11.6 Å². The van der Waals surface area contributed by atoms with Gasteiger partial charge in [0.2, 0.25) is 0 Å². The van der Waals surface area contributed by atoms with Gasteiger partial charge in [0.15, 0.2) is 0 Å². The molecule has 2 heteroatoms. The van der Waals surface area contributed by atoms with Gasteiger partial charge in [0, 0.05) is 12.6 Å². The molecule has 4 aliphatic rings. The van der Waals surface area contributed by atoms with Gasteiger partial charge in [-0.05, 0) is 88.9 Å². The zero-order valence-electron chi connectivity index (χ0n) is 14.1. The second-order valence-electron chi connectivity index (χ2n) is 8.60. The van der Waals surface area contributed by atoms with E-state index in [1.165, 1.54) is 57.1 Å². The van der Waals surface area contributed by atoms with E-state index in [-0.39, 0.29) is 6.10 Å². The average Bonchev–Trinajstić information content (AvgIpc) is 2.41. The highest BCUT2D eigenvalue weighted by Gasteiger charge is 2.54. The highest BCUT2D eigenvalue weighted by molar-refractivity contribution is 5.06. The lowest BCUT2D eigenvalue weighted by atomic mass is 9.48. The lowest BCUT2D eigenvalue weighted by Gasteiger charge is -2.59. The molecule has 4 saturated carbocycles. The minimum absolute atomic E-state index is 0.0183. The SMILES string of the molecule is CC(C)=CCCC(C)NCC12CC3CC(C1)C(O)C(C3)C2. The zero-order chi connectivity index (χ0) is 15.0.